The van der Waals surface area contributed by atoms with Crippen LogP contribution in [0.15, 0.2) is 47.6 Å². The maximum atomic E-state index is 13.7. The summed E-state index contributed by atoms with van der Waals surface area (Å²) >= 11 is 0. The highest BCUT2D eigenvalue weighted by atomic mass is 32.2. The number of hydrogen-bond acceptors (Lipinski definition) is 6. The number of nitrogens with zero attached hydrogens (tertiary/aromatic N) is 3. The van der Waals surface area contributed by atoms with E-state index in [0.717, 1.165) is 6.07 Å². The van der Waals surface area contributed by atoms with Crippen LogP contribution in [0.25, 0.3) is 10.9 Å². The Morgan fingerprint density at radius 2 is 1.90 bits per heavy atom. The zero-order chi connectivity index (χ0) is 22.2. The summed E-state index contributed by atoms with van der Waals surface area (Å²) in [4.78, 5) is 23.1. The molecule has 0 bridgehead atoms. The quantitative estimate of drug-likeness (QED) is 0.635. The number of fused-ring (bicyclic) bond motifs is 1. The van der Waals surface area contributed by atoms with Gasteiger partial charge in [-0.15, -0.1) is 0 Å². The maximum Gasteiger partial charge on any atom is 0.259 e. The molecule has 3 heterocycles. The molecule has 1 saturated heterocycles. The topological polar surface area (TPSA) is 118 Å². The standard InChI is InChI=1S/C20H19F2N5O3S/c21-13-4-7-27(8-5-13)19-16(10-12-9-14(22)1-2-17(12)26-19)20(28)25-15-3-6-24-18(11-15)31(23,29)30/h1-3,6,9-11,13H,4-5,7-8H2,(H2,23,29,30)(H,24,25,28). The number of sulfonamides is 1. The summed E-state index contributed by atoms with van der Waals surface area (Å²) < 4.78 is 50.4. The van der Waals surface area contributed by atoms with Gasteiger partial charge in [0.05, 0.1) is 11.1 Å². The molecule has 0 aliphatic carbocycles. The van der Waals surface area contributed by atoms with Crippen LogP contribution in [0.5, 0.6) is 0 Å². The van der Waals surface area contributed by atoms with Crippen LogP contribution in [0.4, 0.5) is 20.3 Å². The normalized spacial score (nSPS) is 15.3. The van der Waals surface area contributed by atoms with E-state index in [1.54, 1.807) is 0 Å². The van der Waals surface area contributed by atoms with Crippen LogP contribution in [0.3, 0.4) is 0 Å². The molecule has 3 aromatic rings. The van der Waals surface area contributed by atoms with Crippen LogP contribution in [-0.2, 0) is 10.0 Å². The van der Waals surface area contributed by atoms with Gasteiger partial charge in [0.1, 0.15) is 17.8 Å². The van der Waals surface area contributed by atoms with E-state index in [-0.39, 0.29) is 11.3 Å². The van der Waals surface area contributed by atoms with E-state index in [9.17, 15) is 22.0 Å². The summed E-state index contributed by atoms with van der Waals surface area (Å²) in [5, 5.41) is 7.73. The lowest BCUT2D eigenvalue weighted by atomic mass is 10.1. The van der Waals surface area contributed by atoms with Crippen molar-refractivity contribution in [2.45, 2.75) is 24.0 Å². The molecular formula is C20H19F2N5O3S. The lowest BCUT2D eigenvalue weighted by molar-refractivity contribution is 0.102. The minimum absolute atomic E-state index is 0.157. The number of anilines is 2. The second-order valence-electron chi connectivity index (χ2n) is 7.24. The number of nitrogens with one attached hydrogen (secondary N) is 1. The van der Waals surface area contributed by atoms with Crippen molar-refractivity contribution < 1.29 is 22.0 Å². The highest BCUT2D eigenvalue weighted by molar-refractivity contribution is 7.89. The molecule has 0 radical (unpaired) electrons. The minimum atomic E-state index is -4.05. The number of carbonyl (C=O) groups is 1. The molecule has 8 nitrogen and oxygen atoms in total. The van der Waals surface area contributed by atoms with Crippen LogP contribution in [0, 0.1) is 5.82 Å². The Morgan fingerprint density at radius 3 is 2.61 bits per heavy atom. The molecule has 0 unspecified atom stereocenters. The van der Waals surface area contributed by atoms with Gasteiger partial charge in [-0.2, -0.15) is 0 Å². The van der Waals surface area contributed by atoms with Gasteiger partial charge in [0.15, 0.2) is 5.03 Å². The van der Waals surface area contributed by atoms with Crippen molar-refractivity contribution in [3.63, 3.8) is 0 Å². The largest absolute Gasteiger partial charge is 0.356 e. The number of benzene rings is 1. The summed E-state index contributed by atoms with van der Waals surface area (Å²) in [6, 6.07) is 8.11. The Hall–Kier alpha value is -3.18. The summed E-state index contributed by atoms with van der Waals surface area (Å²) in [5.41, 5.74) is 0.817. The van der Waals surface area contributed by atoms with Gasteiger partial charge in [-0.05, 0) is 43.2 Å². The second-order valence-corrected chi connectivity index (χ2v) is 8.75. The molecule has 1 amide bonds. The monoisotopic (exact) mass is 447 g/mol. The molecule has 0 atom stereocenters. The van der Waals surface area contributed by atoms with Crippen LogP contribution >= 0.6 is 0 Å². The number of piperidine rings is 1. The number of amides is 1. The Kier molecular flexibility index (Phi) is 5.54. The molecule has 162 valence electrons. The van der Waals surface area contributed by atoms with E-state index < -0.39 is 32.9 Å². The number of hydrogen-bond donors (Lipinski definition) is 2. The molecule has 1 fully saturated rings. The van der Waals surface area contributed by atoms with Gasteiger partial charge in [-0.1, -0.05) is 0 Å². The second kappa shape index (κ2) is 8.16. The number of carbonyl (C=O) groups excluding carboxylic acids is 1. The average Bonchev–Trinajstić information content (AvgIpc) is 2.73. The molecule has 3 N–H and O–H groups in total. The van der Waals surface area contributed by atoms with Crippen molar-refractivity contribution >= 4 is 38.3 Å². The fourth-order valence-electron chi connectivity index (χ4n) is 3.45. The van der Waals surface area contributed by atoms with Gasteiger partial charge in [0.2, 0.25) is 0 Å². The highest BCUT2D eigenvalue weighted by Crippen LogP contribution is 2.28. The van der Waals surface area contributed by atoms with E-state index in [2.05, 4.69) is 15.3 Å². The fraction of sp³-hybridized carbons (Fsp3) is 0.250. The fourth-order valence-corrected chi connectivity index (χ4v) is 3.95. The van der Waals surface area contributed by atoms with E-state index in [4.69, 9.17) is 5.14 Å². The Balaban J connectivity index is 1.74. The molecule has 31 heavy (non-hydrogen) atoms. The summed E-state index contributed by atoms with van der Waals surface area (Å²) in [6.45, 7) is 0.762. The van der Waals surface area contributed by atoms with Crippen LogP contribution in [0.2, 0.25) is 0 Å². The predicted octanol–water partition coefficient (Wildman–Crippen LogP) is 2.61. The molecule has 4 rings (SSSR count). The number of nitrogens with two attached hydrogens (primary N) is 1. The first-order valence-corrected chi connectivity index (χ1v) is 11.0. The summed E-state index contributed by atoms with van der Waals surface area (Å²) in [6.07, 6.45) is 0.922. The number of alkyl halides is 1. The van der Waals surface area contributed by atoms with Gasteiger partial charge in [0.25, 0.3) is 15.9 Å². The lowest BCUT2D eigenvalue weighted by Crippen LogP contribution is -2.36. The number of pyridine rings is 2. The zero-order valence-corrected chi connectivity index (χ0v) is 17.1. The van der Waals surface area contributed by atoms with Crippen LogP contribution in [0.1, 0.15) is 23.2 Å². The van der Waals surface area contributed by atoms with E-state index in [1.165, 1.54) is 36.5 Å². The third-order valence-corrected chi connectivity index (χ3v) is 5.82. The van der Waals surface area contributed by atoms with Gasteiger partial charge in [-0.3, -0.25) is 4.79 Å². The molecular weight excluding hydrogens is 428 g/mol. The predicted molar refractivity (Wildman–Crippen MR) is 112 cm³/mol. The van der Waals surface area contributed by atoms with Gasteiger partial charge in [0, 0.05) is 36.4 Å². The molecule has 0 saturated carbocycles. The highest BCUT2D eigenvalue weighted by Gasteiger charge is 2.25. The molecule has 1 aliphatic rings. The van der Waals surface area contributed by atoms with Gasteiger partial charge < -0.3 is 10.2 Å². The number of primary sulfonamides is 1. The van der Waals surface area contributed by atoms with Crippen molar-refractivity contribution in [3.8, 4) is 0 Å². The first-order valence-electron chi connectivity index (χ1n) is 9.50. The first-order chi connectivity index (χ1) is 14.7. The van der Waals surface area contributed by atoms with Crippen molar-refractivity contribution in [2.24, 2.45) is 5.14 Å². The summed E-state index contributed by atoms with van der Waals surface area (Å²) in [7, 11) is -4.05. The molecule has 1 aromatic carbocycles. The van der Waals surface area contributed by atoms with Crippen molar-refractivity contribution in [1.29, 1.82) is 0 Å². The van der Waals surface area contributed by atoms with E-state index in [1.807, 2.05) is 4.90 Å². The molecule has 11 heteroatoms. The third-order valence-electron chi connectivity index (χ3n) is 5.01. The maximum absolute atomic E-state index is 13.7. The summed E-state index contributed by atoms with van der Waals surface area (Å²) in [5.74, 6) is -0.703. The number of halogens is 2. The molecule has 0 spiro atoms. The van der Waals surface area contributed by atoms with Crippen molar-refractivity contribution in [3.05, 3.63) is 54.0 Å². The first kappa shape index (κ1) is 21.1. The lowest BCUT2D eigenvalue weighted by Gasteiger charge is -2.31. The Bertz CT molecular complexity index is 1260. The SMILES string of the molecule is NS(=O)(=O)c1cc(NC(=O)c2cc3cc(F)ccc3nc2N2CCC(F)CC2)ccn1. The molecule has 2 aromatic heterocycles. The van der Waals surface area contributed by atoms with E-state index in [0.29, 0.717) is 42.7 Å². The van der Waals surface area contributed by atoms with Gasteiger partial charge >= 0.3 is 0 Å². The van der Waals surface area contributed by atoms with E-state index >= 15 is 0 Å². The minimum Gasteiger partial charge on any atom is -0.356 e. The zero-order valence-electron chi connectivity index (χ0n) is 16.3. The Labute approximate surface area is 177 Å². The Morgan fingerprint density at radius 1 is 1.16 bits per heavy atom. The smallest absolute Gasteiger partial charge is 0.259 e. The third kappa shape index (κ3) is 4.62. The van der Waals surface area contributed by atoms with Crippen LogP contribution in [-0.4, -0.2) is 43.6 Å². The van der Waals surface area contributed by atoms with Crippen molar-refractivity contribution in [1.82, 2.24) is 9.97 Å². The van der Waals surface area contributed by atoms with Crippen LogP contribution < -0.4 is 15.4 Å². The molecule has 1 aliphatic heterocycles. The van der Waals surface area contributed by atoms with Crippen molar-refractivity contribution in [2.75, 3.05) is 23.3 Å². The van der Waals surface area contributed by atoms with Gasteiger partial charge in [-0.25, -0.2) is 32.3 Å². The number of aromatic nitrogens is 2. The number of rotatable bonds is 4. The average molecular weight is 447 g/mol.